The Morgan fingerprint density at radius 1 is 0.842 bits per heavy atom. The minimum atomic E-state index is 0.595. The maximum atomic E-state index is 5.63. The first-order valence-corrected chi connectivity index (χ1v) is 13.5. The van der Waals surface area contributed by atoms with Gasteiger partial charge in [-0.15, -0.1) is 0 Å². The zero-order valence-electron chi connectivity index (χ0n) is 22.5. The molecule has 0 saturated carbocycles. The van der Waals surface area contributed by atoms with Crippen LogP contribution in [0.3, 0.4) is 0 Å². The van der Waals surface area contributed by atoms with Gasteiger partial charge in [0, 0.05) is 45.8 Å². The Hall–Kier alpha value is -3.56. The molecule has 0 aliphatic carbocycles. The lowest BCUT2D eigenvalue weighted by molar-refractivity contribution is 0.122. The molecule has 38 heavy (non-hydrogen) atoms. The summed E-state index contributed by atoms with van der Waals surface area (Å²) in [6.45, 7) is 5.56. The van der Waals surface area contributed by atoms with Crippen LogP contribution in [-0.2, 0) is 11.3 Å². The molecule has 2 saturated heterocycles. The molecule has 2 aromatic carbocycles. The number of fused-ring (bicyclic) bond motifs is 2. The fraction of sp³-hybridized carbons (Fsp3) is 0.448. The summed E-state index contributed by atoms with van der Waals surface area (Å²) in [4.78, 5) is 28.7. The second-order valence-corrected chi connectivity index (χ2v) is 10.6. The average molecular weight is 513 g/mol. The van der Waals surface area contributed by atoms with E-state index < -0.39 is 0 Å². The molecule has 0 N–H and O–H groups in total. The smallest absolute Gasteiger partial charge is 0.228 e. The molecule has 0 spiro atoms. The van der Waals surface area contributed by atoms with Crippen molar-refractivity contribution in [3.63, 3.8) is 0 Å². The van der Waals surface area contributed by atoms with Gasteiger partial charge in [0.1, 0.15) is 17.4 Å². The molecule has 0 amide bonds. The summed E-state index contributed by atoms with van der Waals surface area (Å²) in [5.41, 5.74) is 2.83. The minimum absolute atomic E-state index is 0.595. The summed E-state index contributed by atoms with van der Waals surface area (Å²) in [6, 6.07) is 15.7. The molecular weight excluding hydrogens is 476 g/mol. The summed E-state index contributed by atoms with van der Waals surface area (Å²) in [5.74, 6) is 2.47. The van der Waals surface area contributed by atoms with Crippen molar-refractivity contribution in [2.24, 2.45) is 0 Å². The summed E-state index contributed by atoms with van der Waals surface area (Å²) < 4.78 is 5.63. The molecule has 9 nitrogen and oxygen atoms in total. The summed E-state index contributed by atoms with van der Waals surface area (Å²) in [6.07, 6.45) is 3.84. The average Bonchev–Trinajstić information content (AvgIpc) is 2.96. The number of nitrogens with zero attached hydrogens (tertiary/aromatic N) is 8. The molecule has 2 aliphatic rings. The van der Waals surface area contributed by atoms with Gasteiger partial charge in [0.05, 0.1) is 13.2 Å². The lowest BCUT2D eigenvalue weighted by atomic mass is 10.0. The quantitative estimate of drug-likeness (QED) is 0.385. The summed E-state index contributed by atoms with van der Waals surface area (Å²) in [5, 5.41) is 2.49. The van der Waals surface area contributed by atoms with Gasteiger partial charge in [0.15, 0.2) is 11.6 Å². The molecular formula is C29H36N8O. The van der Waals surface area contributed by atoms with Gasteiger partial charge >= 0.3 is 0 Å². The van der Waals surface area contributed by atoms with Crippen molar-refractivity contribution in [2.75, 3.05) is 75.2 Å². The third-order valence-corrected chi connectivity index (χ3v) is 7.82. The van der Waals surface area contributed by atoms with E-state index in [0.717, 1.165) is 74.2 Å². The highest BCUT2D eigenvalue weighted by molar-refractivity contribution is 5.94. The zero-order chi connectivity index (χ0) is 26.1. The standard InChI is InChI=1S/C29H36N8O/c1-34(2)24-10-12-37(13-11-24)29-32-26-25(28(33-29)36-14-16-38-17-15-36)30-20-31-27(26)35(3)19-21-8-9-22-6-4-5-7-23(22)18-21/h4-9,18,20,24H,10-17,19H2,1-3H3. The maximum absolute atomic E-state index is 5.63. The number of ether oxygens (including phenoxy) is 1. The molecule has 0 radical (unpaired) electrons. The minimum Gasteiger partial charge on any atom is -0.378 e. The van der Waals surface area contributed by atoms with Crippen molar-refractivity contribution in [1.29, 1.82) is 0 Å². The summed E-state index contributed by atoms with van der Waals surface area (Å²) >= 11 is 0. The first-order valence-electron chi connectivity index (χ1n) is 13.5. The third-order valence-electron chi connectivity index (χ3n) is 7.82. The molecule has 2 aromatic heterocycles. The Labute approximate surface area is 224 Å². The number of benzene rings is 2. The molecule has 6 rings (SSSR count). The van der Waals surface area contributed by atoms with Crippen LogP contribution in [-0.4, -0.2) is 91.4 Å². The lowest BCUT2D eigenvalue weighted by Crippen LogP contribution is -2.43. The van der Waals surface area contributed by atoms with Gasteiger partial charge in [0.2, 0.25) is 5.95 Å². The van der Waals surface area contributed by atoms with Crippen molar-refractivity contribution >= 4 is 39.4 Å². The highest BCUT2D eigenvalue weighted by atomic mass is 16.5. The fourth-order valence-corrected chi connectivity index (χ4v) is 5.59. The topological polar surface area (TPSA) is 73.8 Å². The second kappa shape index (κ2) is 10.7. The molecule has 4 heterocycles. The number of rotatable bonds is 6. The van der Waals surface area contributed by atoms with Crippen LogP contribution in [0.15, 0.2) is 48.8 Å². The molecule has 9 heteroatoms. The van der Waals surface area contributed by atoms with Crippen LogP contribution in [0, 0.1) is 0 Å². The van der Waals surface area contributed by atoms with E-state index in [0.29, 0.717) is 19.3 Å². The number of anilines is 3. The maximum Gasteiger partial charge on any atom is 0.228 e. The molecule has 0 atom stereocenters. The van der Waals surface area contributed by atoms with Crippen molar-refractivity contribution in [2.45, 2.75) is 25.4 Å². The van der Waals surface area contributed by atoms with Gasteiger partial charge < -0.3 is 24.3 Å². The van der Waals surface area contributed by atoms with E-state index in [1.165, 1.54) is 16.3 Å². The number of hydrogen-bond acceptors (Lipinski definition) is 9. The van der Waals surface area contributed by atoms with E-state index in [1.54, 1.807) is 6.33 Å². The van der Waals surface area contributed by atoms with Crippen molar-refractivity contribution in [3.8, 4) is 0 Å². The van der Waals surface area contributed by atoms with Crippen LogP contribution in [0.4, 0.5) is 17.6 Å². The largest absolute Gasteiger partial charge is 0.378 e. The molecule has 2 aliphatic heterocycles. The van der Waals surface area contributed by atoms with Gasteiger partial charge in [-0.25, -0.2) is 15.0 Å². The summed E-state index contributed by atoms with van der Waals surface area (Å²) in [7, 11) is 6.41. The van der Waals surface area contributed by atoms with Crippen LogP contribution >= 0.6 is 0 Å². The molecule has 198 valence electrons. The van der Waals surface area contributed by atoms with Crippen molar-refractivity contribution in [1.82, 2.24) is 24.8 Å². The Morgan fingerprint density at radius 3 is 2.37 bits per heavy atom. The SMILES string of the molecule is CN(Cc1ccc2ccccc2c1)c1ncnc2c(N3CCOCC3)nc(N3CCC(N(C)C)CC3)nc12. The Balaban J connectivity index is 1.37. The van der Waals surface area contributed by atoms with Gasteiger partial charge in [0.25, 0.3) is 0 Å². The monoisotopic (exact) mass is 512 g/mol. The predicted molar refractivity (Wildman–Crippen MR) is 153 cm³/mol. The van der Waals surface area contributed by atoms with Gasteiger partial charge in [-0.05, 0) is 49.3 Å². The van der Waals surface area contributed by atoms with Gasteiger partial charge in [-0.1, -0.05) is 36.4 Å². The molecule has 2 fully saturated rings. The highest BCUT2D eigenvalue weighted by Crippen LogP contribution is 2.32. The number of hydrogen-bond donors (Lipinski definition) is 0. The van der Waals surface area contributed by atoms with Crippen LogP contribution in [0.5, 0.6) is 0 Å². The molecule has 4 aromatic rings. The van der Waals surface area contributed by atoms with Crippen molar-refractivity contribution in [3.05, 3.63) is 54.4 Å². The Kier molecular flexibility index (Phi) is 6.95. The van der Waals surface area contributed by atoms with E-state index in [4.69, 9.17) is 24.7 Å². The number of aromatic nitrogens is 4. The van der Waals surface area contributed by atoms with E-state index >= 15 is 0 Å². The Morgan fingerprint density at radius 2 is 1.61 bits per heavy atom. The first kappa shape index (κ1) is 24.8. The van der Waals surface area contributed by atoms with Crippen molar-refractivity contribution < 1.29 is 4.74 Å². The Bertz CT molecular complexity index is 1410. The number of piperidine rings is 1. The lowest BCUT2D eigenvalue weighted by Gasteiger charge is -2.36. The van der Waals surface area contributed by atoms with E-state index in [9.17, 15) is 0 Å². The fourth-order valence-electron chi connectivity index (χ4n) is 5.59. The molecule has 0 bridgehead atoms. The molecule has 0 unspecified atom stereocenters. The second-order valence-electron chi connectivity index (χ2n) is 10.6. The highest BCUT2D eigenvalue weighted by Gasteiger charge is 2.26. The van der Waals surface area contributed by atoms with E-state index in [2.05, 4.69) is 83.2 Å². The van der Waals surface area contributed by atoms with Gasteiger partial charge in [-0.2, -0.15) is 4.98 Å². The van der Waals surface area contributed by atoms with Gasteiger partial charge in [-0.3, -0.25) is 0 Å². The van der Waals surface area contributed by atoms with E-state index in [1.807, 2.05) is 0 Å². The van der Waals surface area contributed by atoms with E-state index in [-0.39, 0.29) is 0 Å². The van der Waals surface area contributed by atoms with Crippen LogP contribution in [0.25, 0.3) is 21.8 Å². The first-order chi connectivity index (χ1) is 18.6. The number of morpholine rings is 1. The zero-order valence-corrected chi connectivity index (χ0v) is 22.5. The van der Waals surface area contributed by atoms with Crippen LogP contribution in [0.2, 0.25) is 0 Å². The van der Waals surface area contributed by atoms with Crippen LogP contribution in [0.1, 0.15) is 18.4 Å². The van der Waals surface area contributed by atoms with Crippen LogP contribution < -0.4 is 14.7 Å². The normalized spacial score (nSPS) is 17.1. The third kappa shape index (κ3) is 4.96. The predicted octanol–water partition coefficient (Wildman–Crippen LogP) is 3.58.